The molecule has 8 heteroatoms. The lowest BCUT2D eigenvalue weighted by molar-refractivity contribution is 0.0679. The topological polar surface area (TPSA) is 86.2 Å². The zero-order valence-electron chi connectivity index (χ0n) is 18.6. The second kappa shape index (κ2) is 10.2. The quantitative estimate of drug-likeness (QED) is 0.541. The summed E-state index contributed by atoms with van der Waals surface area (Å²) in [5, 5.41) is 12.1. The first-order valence-electron chi connectivity index (χ1n) is 11.0. The first-order valence-corrected chi connectivity index (χ1v) is 11.8. The molecule has 168 valence electrons. The molecule has 0 aliphatic carbocycles. The molecule has 4 rings (SSSR count). The van der Waals surface area contributed by atoms with Crippen molar-refractivity contribution in [1.82, 2.24) is 20.5 Å². The van der Waals surface area contributed by atoms with Gasteiger partial charge in [0.15, 0.2) is 0 Å². The number of hydrogen-bond acceptors (Lipinski definition) is 7. The Morgan fingerprint density at radius 1 is 1.31 bits per heavy atom. The molecule has 1 saturated heterocycles. The number of aryl methyl sites for hydroxylation is 2. The van der Waals surface area contributed by atoms with Crippen molar-refractivity contribution >= 4 is 17.2 Å². The van der Waals surface area contributed by atoms with E-state index in [1.54, 1.807) is 17.4 Å². The van der Waals surface area contributed by atoms with E-state index in [9.17, 15) is 4.79 Å². The van der Waals surface area contributed by atoms with Crippen LogP contribution in [0.4, 0.5) is 0 Å². The van der Waals surface area contributed by atoms with E-state index in [1.165, 1.54) is 4.88 Å². The molecule has 3 heterocycles. The molecule has 1 N–H and O–H groups in total. The Kier molecular flexibility index (Phi) is 7.12. The molecule has 32 heavy (non-hydrogen) atoms. The molecule has 1 aliphatic heterocycles. The molecule has 0 radical (unpaired) electrons. The Hall–Kier alpha value is -2.84. The van der Waals surface area contributed by atoms with E-state index >= 15 is 0 Å². The summed E-state index contributed by atoms with van der Waals surface area (Å²) in [5.41, 5.74) is 2.93. The van der Waals surface area contributed by atoms with Crippen molar-refractivity contribution in [2.24, 2.45) is 0 Å². The van der Waals surface area contributed by atoms with Crippen LogP contribution in [0.25, 0.3) is 10.6 Å². The zero-order valence-corrected chi connectivity index (χ0v) is 19.4. The minimum absolute atomic E-state index is 0.0997. The Balaban J connectivity index is 1.56. The number of aromatic nitrogens is 3. The van der Waals surface area contributed by atoms with Crippen molar-refractivity contribution in [1.29, 1.82) is 0 Å². The maximum atomic E-state index is 13.1. The Morgan fingerprint density at radius 3 is 2.88 bits per heavy atom. The molecule has 7 nitrogen and oxygen atoms in total. The summed E-state index contributed by atoms with van der Waals surface area (Å²) in [6.07, 6.45) is 4.96. The highest BCUT2D eigenvalue weighted by Crippen LogP contribution is 2.30. The normalized spacial score (nSPS) is 16.7. The number of carbonyl (C=O) groups is 1. The van der Waals surface area contributed by atoms with Crippen LogP contribution in [-0.2, 0) is 11.2 Å². The van der Waals surface area contributed by atoms with Gasteiger partial charge in [-0.25, -0.2) is 4.98 Å². The van der Waals surface area contributed by atoms with Gasteiger partial charge < -0.3 is 14.8 Å². The molecule has 1 unspecified atom stereocenters. The van der Waals surface area contributed by atoms with E-state index in [1.807, 2.05) is 44.3 Å². The largest absolute Gasteiger partial charge is 0.491 e. The van der Waals surface area contributed by atoms with Gasteiger partial charge in [-0.05, 0) is 63.4 Å². The Labute approximate surface area is 192 Å². The lowest BCUT2D eigenvalue weighted by atomic mass is 10.1. The summed E-state index contributed by atoms with van der Waals surface area (Å²) in [7, 11) is 0. The van der Waals surface area contributed by atoms with E-state index in [-0.39, 0.29) is 18.1 Å². The predicted molar refractivity (Wildman–Crippen MR) is 124 cm³/mol. The van der Waals surface area contributed by atoms with Crippen LogP contribution in [0, 0.1) is 6.92 Å². The van der Waals surface area contributed by atoms with Crippen molar-refractivity contribution < 1.29 is 14.3 Å². The lowest BCUT2D eigenvalue weighted by Crippen LogP contribution is -2.27. The second-order valence-corrected chi connectivity index (χ2v) is 9.09. The molecule has 3 aromatic rings. The average Bonchev–Trinajstić information content (AvgIpc) is 3.50. The number of rotatable bonds is 8. The highest BCUT2D eigenvalue weighted by molar-refractivity contribution is 7.15. The first kappa shape index (κ1) is 22.4. The third kappa shape index (κ3) is 5.49. The predicted octanol–water partition coefficient (Wildman–Crippen LogP) is 4.52. The zero-order chi connectivity index (χ0) is 22.5. The number of carbonyl (C=O) groups excluding carboxylic acids is 1. The fourth-order valence-electron chi connectivity index (χ4n) is 3.50. The average molecular weight is 453 g/mol. The number of benzene rings is 1. The van der Waals surface area contributed by atoms with E-state index in [0.29, 0.717) is 23.6 Å². The molecule has 0 saturated carbocycles. The van der Waals surface area contributed by atoms with Gasteiger partial charge in [0.2, 0.25) is 0 Å². The van der Waals surface area contributed by atoms with Gasteiger partial charge in [-0.3, -0.25) is 4.79 Å². The van der Waals surface area contributed by atoms with Gasteiger partial charge >= 0.3 is 0 Å². The van der Waals surface area contributed by atoms with Gasteiger partial charge in [-0.2, -0.15) is 10.2 Å². The van der Waals surface area contributed by atoms with Crippen LogP contribution in [0.3, 0.4) is 0 Å². The summed E-state index contributed by atoms with van der Waals surface area (Å²) in [6.45, 7) is 7.13. The monoisotopic (exact) mass is 452 g/mol. The van der Waals surface area contributed by atoms with Gasteiger partial charge in [-0.15, -0.1) is 11.3 Å². The van der Waals surface area contributed by atoms with Crippen molar-refractivity contribution in [2.45, 2.75) is 52.2 Å². The molecule has 1 aliphatic rings. The summed E-state index contributed by atoms with van der Waals surface area (Å²) in [5.74, 6) is 0.440. The maximum Gasteiger partial charge on any atom is 0.251 e. The minimum atomic E-state index is -0.276. The number of thiazole rings is 1. The van der Waals surface area contributed by atoms with Gasteiger partial charge in [0.1, 0.15) is 17.4 Å². The van der Waals surface area contributed by atoms with Crippen molar-refractivity contribution in [3.05, 3.63) is 58.4 Å². The molecule has 1 amide bonds. The number of nitrogens with one attached hydrogen (secondary N) is 1. The smallest absolute Gasteiger partial charge is 0.251 e. The van der Waals surface area contributed by atoms with Crippen molar-refractivity contribution in [3.63, 3.8) is 0 Å². The van der Waals surface area contributed by atoms with Gasteiger partial charge in [0.05, 0.1) is 23.5 Å². The second-order valence-electron chi connectivity index (χ2n) is 7.97. The van der Waals surface area contributed by atoms with Crippen LogP contribution in [0.1, 0.15) is 59.4 Å². The lowest BCUT2D eigenvalue weighted by Gasteiger charge is -2.16. The van der Waals surface area contributed by atoms with Crippen LogP contribution in [-0.4, -0.2) is 40.4 Å². The summed E-state index contributed by atoms with van der Waals surface area (Å²) >= 11 is 1.63. The van der Waals surface area contributed by atoms with E-state index in [4.69, 9.17) is 9.47 Å². The van der Waals surface area contributed by atoms with Crippen LogP contribution >= 0.6 is 11.3 Å². The molecule has 1 fully saturated rings. The molecular weight excluding hydrogens is 424 g/mol. The maximum absolute atomic E-state index is 13.1. The highest BCUT2D eigenvalue weighted by atomic mass is 32.1. The fraction of sp³-hybridized carbons (Fsp3) is 0.417. The molecule has 2 atom stereocenters. The number of nitrogens with zero attached hydrogens (tertiary/aromatic N) is 3. The summed E-state index contributed by atoms with van der Waals surface area (Å²) < 4.78 is 11.7. The summed E-state index contributed by atoms with van der Waals surface area (Å²) in [4.78, 5) is 18.8. The number of ether oxygens (including phenoxy) is 2. The first-order chi connectivity index (χ1) is 15.5. The molecular formula is C24H28N4O3S. The van der Waals surface area contributed by atoms with Crippen LogP contribution < -0.4 is 10.1 Å². The number of amides is 1. The highest BCUT2D eigenvalue weighted by Gasteiger charge is 2.19. The van der Waals surface area contributed by atoms with Crippen molar-refractivity contribution in [3.8, 4) is 16.3 Å². The molecule has 2 aromatic heterocycles. The number of hydrogen-bond donors (Lipinski definition) is 1. The molecule has 0 spiro atoms. The fourth-order valence-corrected chi connectivity index (χ4v) is 4.34. The summed E-state index contributed by atoms with van der Waals surface area (Å²) in [6, 6.07) is 9.06. The third-order valence-electron chi connectivity index (χ3n) is 5.39. The SMILES string of the molecule is CCc1cnc(-c2cc(OCC3CCCO3)cc(C(=O)N[C@H](C)c3ccc(C)nn3)c2)s1. The standard InChI is InChI=1S/C24H28N4O3S/c1-4-21-13-25-24(32-21)18-10-17(11-20(12-18)31-14-19-6-5-9-30-19)23(29)26-16(3)22-8-7-15(2)27-28-22/h7-8,10-13,16,19H,4-6,9,14H2,1-3H3,(H,26,29)/t16-,19?/m1/s1. The van der Waals surface area contributed by atoms with Crippen molar-refractivity contribution in [2.75, 3.05) is 13.2 Å². The van der Waals surface area contributed by atoms with E-state index < -0.39 is 0 Å². The van der Waals surface area contributed by atoms with E-state index in [0.717, 1.165) is 42.1 Å². The van der Waals surface area contributed by atoms with Gasteiger partial charge in [0, 0.05) is 28.8 Å². The van der Waals surface area contributed by atoms with E-state index in [2.05, 4.69) is 27.4 Å². The van der Waals surface area contributed by atoms with Gasteiger partial charge in [-0.1, -0.05) is 6.92 Å². The Bertz CT molecular complexity index is 1060. The molecule has 0 bridgehead atoms. The van der Waals surface area contributed by atoms with Crippen LogP contribution in [0.5, 0.6) is 5.75 Å². The third-order valence-corrected chi connectivity index (χ3v) is 6.58. The minimum Gasteiger partial charge on any atom is -0.491 e. The van der Waals surface area contributed by atoms with Crippen LogP contribution in [0.2, 0.25) is 0 Å². The Morgan fingerprint density at radius 2 is 2.19 bits per heavy atom. The van der Waals surface area contributed by atoms with Gasteiger partial charge in [0.25, 0.3) is 5.91 Å². The molecule has 1 aromatic carbocycles. The van der Waals surface area contributed by atoms with Crippen LogP contribution in [0.15, 0.2) is 36.5 Å².